The normalized spacial score (nSPS) is 11.7. The van der Waals surface area contributed by atoms with E-state index in [1.54, 1.807) is 0 Å². The molecular weight excluding hydrogens is 314 g/mol. The van der Waals surface area contributed by atoms with Crippen molar-refractivity contribution >= 4 is 22.6 Å². The molecule has 0 aliphatic heterocycles. The second-order valence-electron chi connectivity index (χ2n) is 6.67. The third-order valence-corrected chi connectivity index (χ3v) is 4.30. The van der Waals surface area contributed by atoms with Crippen LogP contribution in [0.5, 0.6) is 0 Å². The van der Waals surface area contributed by atoms with E-state index in [0.717, 1.165) is 40.3 Å². The van der Waals surface area contributed by atoms with Crippen LogP contribution in [0.2, 0.25) is 0 Å². The number of imidazole rings is 1. The van der Waals surface area contributed by atoms with Crippen molar-refractivity contribution in [3.8, 4) is 11.3 Å². The molecule has 128 valence electrons. The van der Waals surface area contributed by atoms with Crippen LogP contribution in [0.15, 0.2) is 30.6 Å². The minimum atomic E-state index is 0.540. The Morgan fingerprint density at radius 3 is 2.80 bits per heavy atom. The first-order chi connectivity index (χ1) is 12.0. The first-order valence-electron chi connectivity index (χ1n) is 8.41. The van der Waals surface area contributed by atoms with Crippen LogP contribution in [0.3, 0.4) is 0 Å². The van der Waals surface area contributed by atoms with Crippen LogP contribution in [0, 0.1) is 12.8 Å². The summed E-state index contributed by atoms with van der Waals surface area (Å²) in [4.78, 5) is 13.7. The SMILES string of the molecule is Cc1nc2ccc(-c3ccn4nc(NCC(C)C)ncc34)nc2n1C. The fraction of sp³-hybridized carbons (Fsp3) is 0.333. The van der Waals surface area contributed by atoms with E-state index >= 15 is 0 Å². The molecule has 7 heteroatoms. The van der Waals surface area contributed by atoms with Gasteiger partial charge >= 0.3 is 0 Å². The molecular formula is C18H21N7. The van der Waals surface area contributed by atoms with Crippen LogP contribution in [-0.2, 0) is 7.05 Å². The highest BCUT2D eigenvalue weighted by molar-refractivity contribution is 5.82. The second-order valence-corrected chi connectivity index (χ2v) is 6.67. The van der Waals surface area contributed by atoms with Crippen molar-refractivity contribution in [1.29, 1.82) is 0 Å². The molecule has 7 nitrogen and oxygen atoms in total. The predicted octanol–water partition coefficient (Wildman–Crippen LogP) is 3.05. The highest BCUT2D eigenvalue weighted by Crippen LogP contribution is 2.25. The van der Waals surface area contributed by atoms with Gasteiger partial charge in [0.2, 0.25) is 5.95 Å². The van der Waals surface area contributed by atoms with Gasteiger partial charge in [0.05, 0.1) is 17.4 Å². The van der Waals surface area contributed by atoms with Gasteiger partial charge in [-0.2, -0.15) is 0 Å². The standard InChI is InChI=1S/C18H21N7/c1-11(2)9-19-18-20-10-16-13(7-8-25(16)23-18)14-5-6-15-17(22-14)24(4)12(3)21-15/h5-8,10-11H,9H2,1-4H3,(H,19,23). The van der Waals surface area contributed by atoms with E-state index in [9.17, 15) is 0 Å². The molecule has 4 aromatic heterocycles. The molecule has 0 bridgehead atoms. The number of aromatic nitrogens is 6. The highest BCUT2D eigenvalue weighted by Gasteiger charge is 2.12. The maximum absolute atomic E-state index is 4.79. The van der Waals surface area contributed by atoms with Crippen molar-refractivity contribution in [1.82, 2.24) is 29.1 Å². The first kappa shape index (κ1) is 15.6. The summed E-state index contributed by atoms with van der Waals surface area (Å²) in [6, 6.07) is 6.02. The number of nitrogens with one attached hydrogen (secondary N) is 1. The summed E-state index contributed by atoms with van der Waals surface area (Å²) in [5.74, 6) is 2.12. The number of pyridine rings is 1. The van der Waals surface area contributed by atoms with Crippen LogP contribution < -0.4 is 5.32 Å². The zero-order valence-corrected chi connectivity index (χ0v) is 14.9. The number of anilines is 1. The van der Waals surface area contributed by atoms with E-state index in [1.165, 1.54) is 0 Å². The maximum Gasteiger partial charge on any atom is 0.241 e. The van der Waals surface area contributed by atoms with E-state index in [0.29, 0.717) is 11.9 Å². The average molecular weight is 335 g/mol. The summed E-state index contributed by atoms with van der Waals surface area (Å²) in [5, 5.41) is 7.78. The summed E-state index contributed by atoms with van der Waals surface area (Å²) in [7, 11) is 1.98. The van der Waals surface area contributed by atoms with Gasteiger partial charge in [0.1, 0.15) is 11.3 Å². The molecule has 0 unspecified atom stereocenters. The monoisotopic (exact) mass is 335 g/mol. The molecule has 0 aliphatic rings. The summed E-state index contributed by atoms with van der Waals surface area (Å²) in [5.41, 5.74) is 4.62. The molecule has 0 radical (unpaired) electrons. The number of nitrogens with zero attached hydrogens (tertiary/aromatic N) is 6. The van der Waals surface area contributed by atoms with E-state index in [2.05, 4.69) is 34.2 Å². The Balaban J connectivity index is 1.75. The van der Waals surface area contributed by atoms with E-state index < -0.39 is 0 Å². The van der Waals surface area contributed by atoms with Crippen LogP contribution in [0.4, 0.5) is 5.95 Å². The van der Waals surface area contributed by atoms with Crippen molar-refractivity contribution in [3.63, 3.8) is 0 Å². The van der Waals surface area contributed by atoms with E-state index in [-0.39, 0.29) is 0 Å². The van der Waals surface area contributed by atoms with Crippen LogP contribution >= 0.6 is 0 Å². The number of hydrogen-bond donors (Lipinski definition) is 1. The summed E-state index contributed by atoms with van der Waals surface area (Å²) in [6.45, 7) is 7.13. The second kappa shape index (κ2) is 5.84. The molecule has 0 saturated carbocycles. The highest BCUT2D eigenvalue weighted by atomic mass is 15.3. The van der Waals surface area contributed by atoms with Crippen LogP contribution in [0.1, 0.15) is 19.7 Å². The molecule has 0 aromatic carbocycles. The topological polar surface area (TPSA) is 72.9 Å². The molecule has 0 atom stereocenters. The smallest absolute Gasteiger partial charge is 0.241 e. The Morgan fingerprint density at radius 1 is 1.16 bits per heavy atom. The Bertz CT molecular complexity index is 1060. The Hall–Kier alpha value is -2.96. The molecule has 0 fully saturated rings. The third kappa shape index (κ3) is 2.71. The van der Waals surface area contributed by atoms with Gasteiger partial charge in [-0.25, -0.2) is 19.5 Å². The quantitative estimate of drug-likeness (QED) is 0.620. The number of rotatable bonds is 4. The third-order valence-electron chi connectivity index (χ3n) is 4.30. The Labute approximate surface area is 145 Å². The van der Waals surface area contributed by atoms with Gasteiger partial charge in [0, 0.05) is 25.4 Å². The molecule has 4 rings (SSSR count). The average Bonchev–Trinajstić information content (AvgIpc) is 3.14. The van der Waals surface area contributed by atoms with Crippen molar-refractivity contribution < 1.29 is 0 Å². The molecule has 0 aliphatic carbocycles. The largest absolute Gasteiger partial charge is 0.353 e. The fourth-order valence-electron chi connectivity index (χ4n) is 2.82. The Kier molecular flexibility index (Phi) is 3.63. The minimum absolute atomic E-state index is 0.540. The molecule has 4 aromatic rings. The van der Waals surface area contributed by atoms with Crippen LogP contribution in [-0.4, -0.2) is 35.7 Å². The molecule has 4 heterocycles. The van der Waals surface area contributed by atoms with E-state index in [1.807, 2.05) is 53.6 Å². The van der Waals surface area contributed by atoms with Crippen molar-refractivity contribution in [2.75, 3.05) is 11.9 Å². The lowest BCUT2D eigenvalue weighted by Crippen LogP contribution is -2.11. The minimum Gasteiger partial charge on any atom is -0.353 e. The lowest BCUT2D eigenvalue weighted by molar-refractivity contribution is 0.681. The number of fused-ring (bicyclic) bond motifs is 2. The molecule has 1 N–H and O–H groups in total. The van der Waals surface area contributed by atoms with E-state index in [4.69, 9.17) is 4.98 Å². The van der Waals surface area contributed by atoms with Gasteiger partial charge in [-0.3, -0.25) is 0 Å². The van der Waals surface area contributed by atoms with Gasteiger partial charge < -0.3 is 9.88 Å². The fourth-order valence-corrected chi connectivity index (χ4v) is 2.82. The first-order valence-corrected chi connectivity index (χ1v) is 8.41. The molecule has 0 spiro atoms. The van der Waals surface area contributed by atoms with Gasteiger partial charge in [-0.05, 0) is 31.0 Å². The summed E-state index contributed by atoms with van der Waals surface area (Å²) in [6.07, 6.45) is 3.78. The van der Waals surface area contributed by atoms with Gasteiger partial charge in [-0.15, -0.1) is 5.10 Å². The van der Waals surface area contributed by atoms with Gasteiger partial charge in [0.15, 0.2) is 5.65 Å². The zero-order valence-electron chi connectivity index (χ0n) is 14.9. The van der Waals surface area contributed by atoms with Gasteiger partial charge in [0.25, 0.3) is 0 Å². The molecule has 25 heavy (non-hydrogen) atoms. The van der Waals surface area contributed by atoms with Crippen molar-refractivity contribution in [2.24, 2.45) is 13.0 Å². The van der Waals surface area contributed by atoms with Crippen molar-refractivity contribution in [3.05, 3.63) is 36.4 Å². The van der Waals surface area contributed by atoms with Crippen LogP contribution in [0.25, 0.3) is 27.9 Å². The lowest BCUT2D eigenvalue weighted by Gasteiger charge is -2.07. The summed E-state index contributed by atoms with van der Waals surface area (Å²) >= 11 is 0. The number of hydrogen-bond acceptors (Lipinski definition) is 5. The Morgan fingerprint density at radius 2 is 2.00 bits per heavy atom. The zero-order chi connectivity index (χ0) is 17.6. The van der Waals surface area contributed by atoms with Gasteiger partial charge in [-0.1, -0.05) is 13.8 Å². The lowest BCUT2D eigenvalue weighted by atomic mass is 10.2. The maximum atomic E-state index is 4.79. The van der Waals surface area contributed by atoms with Crippen molar-refractivity contribution in [2.45, 2.75) is 20.8 Å². The molecule has 0 amide bonds. The number of aryl methyl sites for hydroxylation is 2. The molecule has 0 saturated heterocycles. The summed E-state index contributed by atoms with van der Waals surface area (Å²) < 4.78 is 3.84. The predicted molar refractivity (Wildman–Crippen MR) is 98.6 cm³/mol.